The Balaban J connectivity index is 4.66. The van der Waals surface area contributed by atoms with Crippen molar-refractivity contribution in [2.75, 3.05) is 7.05 Å². The number of rotatable bonds is 2. The van der Waals surface area contributed by atoms with E-state index in [0.29, 0.717) is 0 Å². The summed E-state index contributed by atoms with van der Waals surface area (Å²) in [5, 5.41) is 0. The van der Waals surface area contributed by atoms with Crippen molar-refractivity contribution >= 4 is 16.2 Å². The van der Waals surface area contributed by atoms with Crippen molar-refractivity contribution in [1.29, 1.82) is 0 Å². The highest BCUT2D eigenvalue weighted by molar-refractivity contribution is 7.84. The van der Waals surface area contributed by atoms with Crippen LogP contribution in [-0.4, -0.2) is 30.2 Å². The van der Waals surface area contributed by atoms with E-state index in [0.717, 1.165) is 7.05 Å². The molecule has 5 nitrogen and oxygen atoms in total. The van der Waals surface area contributed by atoms with Crippen molar-refractivity contribution in [2.45, 2.75) is 6.92 Å². The van der Waals surface area contributed by atoms with E-state index < -0.39 is 16.2 Å². The lowest BCUT2D eigenvalue weighted by Gasteiger charge is -2.11. The maximum Gasteiger partial charge on any atom is 0.362 e. The van der Waals surface area contributed by atoms with Crippen LogP contribution in [-0.2, 0) is 15.1 Å². The number of likely N-dealkylation sites (N-methyl/N-ethyl adjacent to an activating group) is 1. The molecule has 0 aromatic carbocycles. The fourth-order valence-corrected chi connectivity index (χ4v) is 0.739. The number of carbonyl (C=O) groups is 1. The minimum absolute atomic E-state index is 0.0464. The zero-order valence-electron chi connectivity index (χ0n) is 6.23. The summed E-state index contributed by atoms with van der Waals surface area (Å²) >= 11 is 0. The molecule has 0 spiro atoms. The zero-order valence-corrected chi connectivity index (χ0v) is 7.05. The molecule has 0 aromatic heterocycles. The predicted molar refractivity (Wildman–Crippen MR) is 39.1 cm³/mol. The van der Waals surface area contributed by atoms with E-state index in [-0.39, 0.29) is 9.88 Å². The van der Waals surface area contributed by atoms with E-state index in [9.17, 15) is 13.2 Å². The summed E-state index contributed by atoms with van der Waals surface area (Å²) in [7, 11) is -3.47. The van der Waals surface area contributed by atoms with Gasteiger partial charge in [0.1, 0.15) is 0 Å². The van der Waals surface area contributed by atoms with E-state index in [4.69, 9.17) is 4.55 Å². The van der Waals surface area contributed by atoms with E-state index in [1.165, 1.54) is 6.92 Å². The first-order chi connectivity index (χ1) is 4.76. The number of amides is 1. The lowest BCUT2D eigenvalue weighted by atomic mass is 10.3. The molecular formula is C5H9NO4S. The van der Waals surface area contributed by atoms with Crippen molar-refractivity contribution in [1.82, 2.24) is 4.31 Å². The molecule has 0 unspecified atom stereocenters. The van der Waals surface area contributed by atoms with Crippen molar-refractivity contribution in [3.8, 4) is 0 Å². The topological polar surface area (TPSA) is 74.7 Å². The fraction of sp³-hybridized carbons (Fsp3) is 0.400. The smallest absolute Gasteiger partial charge is 0.269 e. The number of carbonyl (C=O) groups excluding carboxylic acids is 1. The van der Waals surface area contributed by atoms with Gasteiger partial charge in [-0.15, -0.1) is 0 Å². The fourth-order valence-electron chi connectivity index (χ4n) is 0.374. The van der Waals surface area contributed by atoms with Gasteiger partial charge in [-0.25, -0.2) is 4.31 Å². The van der Waals surface area contributed by atoms with Crippen LogP contribution in [0.5, 0.6) is 0 Å². The Morgan fingerprint density at radius 1 is 1.55 bits per heavy atom. The Hall–Kier alpha value is -0.880. The molecule has 6 heteroatoms. The van der Waals surface area contributed by atoms with Crippen molar-refractivity contribution in [2.24, 2.45) is 0 Å². The first kappa shape index (κ1) is 10.1. The molecular weight excluding hydrogens is 170 g/mol. The Morgan fingerprint density at radius 3 is 2.00 bits per heavy atom. The molecule has 0 rings (SSSR count). The van der Waals surface area contributed by atoms with Gasteiger partial charge in [0, 0.05) is 12.6 Å². The van der Waals surface area contributed by atoms with Gasteiger partial charge in [0.15, 0.2) is 0 Å². The van der Waals surface area contributed by atoms with Crippen LogP contribution >= 0.6 is 0 Å². The highest BCUT2D eigenvalue weighted by Crippen LogP contribution is 1.99. The van der Waals surface area contributed by atoms with Crippen molar-refractivity contribution < 1.29 is 17.8 Å². The Bertz CT molecular complexity index is 279. The summed E-state index contributed by atoms with van der Waals surface area (Å²) in [4.78, 5) is 10.8. The van der Waals surface area contributed by atoms with E-state index in [1.54, 1.807) is 0 Å². The Morgan fingerprint density at radius 2 is 1.91 bits per heavy atom. The third-order valence-electron chi connectivity index (χ3n) is 0.997. The largest absolute Gasteiger partial charge is 0.362 e. The molecule has 64 valence electrons. The Kier molecular flexibility index (Phi) is 2.77. The second-order valence-corrected chi connectivity index (χ2v) is 3.47. The first-order valence-corrected chi connectivity index (χ1v) is 4.07. The summed E-state index contributed by atoms with van der Waals surface area (Å²) in [6, 6.07) is 0. The maximum atomic E-state index is 10.8. The number of hydrogen-bond donors (Lipinski definition) is 1. The van der Waals surface area contributed by atoms with Crippen LogP contribution in [0.15, 0.2) is 12.2 Å². The maximum absolute atomic E-state index is 10.8. The van der Waals surface area contributed by atoms with E-state index in [1.807, 2.05) is 0 Å². The molecule has 0 saturated heterocycles. The molecule has 1 amide bonds. The number of hydrogen-bond acceptors (Lipinski definition) is 3. The minimum atomic E-state index is -4.42. The van der Waals surface area contributed by atoms with Gasteiger partial charge in [-0.1, -0.05) is 6.58 Å². The molecule has 0 aliphatic carbocycles. The van der Waals surface area contributed by atoms with Gasteiger partial charge in [0.2, 0.25) is 0 Å². The van der Waals surface area contributed by atoms with Gasteiger partial charge in [0.05, 0.1) is 0 Å². The normalized spacial score (nSPS) is 10.8. The predicted octanol–water partition coefficient (Wildman–Crippen LogP) is -0.176. The molecule has 0 aliphatic rings. The average molecular weight is 179 g/mol. The molecule has 0 fully saturated rings. The van der Waals surface area contributed by atoms with Gasteiger partial charge in [-0.3, -0.25) is 9.35 Å². The van der Waals surface area contributed by atoms with Crippen LogP contribution in [0.1, 0.15) is 6.92 Å². The second kappa shape index (κ2) is 3.02. The third-order valence-corrected chi connectivity index (χ3v) is 1.86. The lowest BCUT2D eigenvalue weighted by molar-refractivity contribution is -0.121. The van der Waals surface area contributed by atoms with Crippen LogP contribution < -0.4 is 0 Å². The molecule has 11 heavy (non-hydrogen) atoms. The molecule has 0 aromatic rings. The highest BCUT2D eigenvalue weighted by atomic mass is 32.2. The van der Waals surface area contributed by atoms with Gasteiger partial charge < -0.3 is 0 Å². The standard InChI is InChI=1S/C5H9NO4S/c1-4(2)5(7)6(3)11(8,9)10/h1H2,2-3H3,(H,8,9,10). The summed E-state index contributed by atoms with van der Waals surface area (Å²) in [6.45, 7) is 4.57. The van der Waals surface area contributed by atoms with Crippen LogP contribution in [0.4, 0.5) is 0 Å². The van der Waals surface area contributed by atoms with Gasteiger partial charge >= 0.3 is 10.3 Å². The van der Waals surface area contributed by atoms with Crippen LogP contribution in [0.3, 0.4) is 0 Å². The molecule has 0 radical (unpaired) electrons. The molecule has 0 atom stereocenters. The Labute approximate surface area is 65.2 Å². The van der Waals surface area contributed by atoms with Crippen molar-refractivity contribution in [3.05, 3.63) is 12.2 Å². The zero-order chi connectivity index (χ0) is 9.23. The number of nitrogens with zero attached hydrogens (tertiary/aromatic N) is 1. The average Bonchev–Trinajstić information content (AvgIpc) is 1.82. The van der Waals surface area contributed by atoms with E-state index in [2.05, 4.69) is 6.58 Å². The summed E-state index contributed by atoms with van der Waals surface area (Å²) in [5.74, 6) is -0.826. The van der Waals surface area contributed by atoms with Gasteiger partial charge in [0.25, 0.3) is 5.91 Å². The van der Waals surface area contributed by atoms with Crippen LogP contribution in [0.25, 0.3) is 0 Å². The van der Waals surface area contributed by atoms with Crippen LogP contribution in [0, 0.1) is 0 Å². The highest BCUT2D eigenvalue weighted by Gasteiger charge is 2.19. The minimum Gasteiger partial charge on any atom is -0.269 e. The summed E-state index contributed by atoms with van der Waals surface area (Å²) < 4.78 is 29.2. The van der Waals surface area contributed by atoms with E-state index >= 15 is 0 Å². The van der Waals surface area contributed by atoms with Gasteiger partial charge in [-0.05, 0) is 6.92 Å². The molecule has 0 aliphatic heterocycles. The second-order valence-electron chi connectivity index (χ2n) is 2.03. The summed E-state index contributed by atoms with van der Waals surface area (Å²) in [5.41, 5.74) is 0.0464. The molecule has 0 saturated carbocycles. The molecule has 0 bridgehead atoms. The van der Waals surface area contributed by atoms with Crippen LogP contribution in [0.2, 0.25) is 0 Å². The van der Waals surface area contributed by atoms with Gasteiger partial charge in [-0.2, -0.15) is 8.42 Å². The molecule has 1 N–H and O–H groups in total. The quantitative estimate of drug-likeness (QED) is 0.471. The summed E-state index contributed by atoms with van der Waals surface area (Å²) in [6.07, 6.45) is 0. The lowest BCUT2D eigenvalue weighted by Crippen LogP contribution is -2.32. The third kappa shape index (κ3) is 2.69. The monoisotopic (exact) mass is 179 g/mol. The molecule has 0 heterocycles. The van der Waals surface area contributed by atoms with Crippen molar-refractivity contribution in [3.63, 3.8) is 0 Å². The SMILES string of the molecule is C=C(C)C(=O)N(C)S(=O)(=O)O. The first-order valence-electron chi connectivity index (χ1n) is 2.68.